The number of thioether (sulfide) groups is 2. The molecular weight excluding hydrogens is 591 g/mol. The molecule has 0 aliphatic carbocycles. The summed E-state index contributed by atoms with van der Waals surface area (Å²) in [6.07, 6.45) is 9.69. The second-order valence-corrected chi connectivity index (χ2v) is 13.5. The van der Waals surface area contributed by atoms with Gasteiger partial charge in [0.25, 0.3) is 0 Å². The maximum absolute atomic E-state index is 6.10. The highest BCUT2D eigenvalue weighted by atomic mass is 32.2. The predicted molar refractivity (Wildman–Crippen MR) is 183 cm³/mol. The average molecular weight is 630 g/mol. The minimum Gasteiger partial charge on any atom is -0.487 e. The number of benzene rings is 3. The van der Waals surface area contributed by atoms with Crippen molar-refractivity contribution in [2.75, 3.05) is 50.6 Å². The molecule has 9 heteroatoms. The van der Waals surface area contributed by atoms with Gasteiger partial charge in [-0.05, 0) is 48.2 Å². The van der Waals surface area contributed by atoms with E-state index in [1.807, 2.05) is 30.3 Å². The van der Waals surface area contributed by atoms with Crippen LogP contribution in [-0.4, -0.2) is 66.2 Å². The van der Waals surface area contributed by atoms with E-state index >= 15 is 0 Å². The van der Waals surface area contributed by atoms with E-state index in [2.05, 4.69) is 76.6 Å². The van der Waals surface area contributed by atoms with Crippen LogP contribution in [0.3, 0.4) is 0 Å². The highest BCUT2D eigenvalue weighted by molar-refractivity contribution is 8.19. The van der Waals surface area contributed by atoms with Crippen molar-refractivity contribution in [1.29, 1.82) is 0 Å². The molecule has 1 saturated heterocycles. The lowest BCUT2D eigenvalue weighted by molar-refractivity contribution is 0.132. The van der Waals surface area contributed by atoms with Crippen molar-refractivity contribution in [3.05, 3.63) is 83.7 Å². The third kappa shape index (κ3) is 8.19. The summed E-state index contributed by atoms with van der Waals surface area (Å²) in [6.45, 7) is 4.62. The molecule has 0 spiro atoms. The Bertz CT molecular complexity index is 1560. The minimum atomic E-state index is 0.378. The Morgan fingerprint density at radius 3 is 2.30 bits per heavy atom. The number of aromatic nitrogens is 2. The predicted octanol–water partition coefficient (Wildman–Crippen LogP) is 7.13. The summed E-state index contributed by atoms with van der Waals surface area (Å²) in [4.78, 5) is 11.6. The molecule has 0 saturated carbocycles. The fourth-order valence-corrected chi connectivity index (χ4v) is 8.36. The maximum atomic E-state index is 6.10. The zero-order valence-corrected chi connectivity index (χ0v) is 27.2. The molecule has 230 valence electrons. The molecule has 3 aromatic carbocycles. The number of fused-ring (bicyclic) bond motifs is 1. The van der Waals surface area contributed by atoms with Crippen molar-refractivity contribution in [1.82, 2.24) is 9.97 Å². The first kappa shape index (κ1) is 32.0. The fraction of sp³-hybridized carbons (Fsp3) is 0.371. The lowest BCUT2D eigenvalue weighted by Gasteiger charge is -2.26. The summed E-state index contributed by atoms with van der Waals surface area (Å²) >= 11 is 4.16. The van der Waals surface area contributed by atoms with Crippen molar-refractivity contribution in [3.8, 4) is 23.8 Å². The van der Waals surface area contributed by atoms with E-state index in [0.29, 0.717) is 44.5 Å². The average Bonchev–Trinajstić information content (AvgIpc) is 3.47. The molecule has 1 fully saturated rings. The van der Waals surface area contributed by atoms with Crippen molar-refractivity contribution >= 4 is 45.9 Å². The fourth-order valence-electron chi connectivity index (χ4n) is 5.11. The minimum absolute atomic E-state index is 0.378. The van der Waals surface area contributed by atoms with Gasteiger partial charge in [-0.2, -0.15) is 0 Å². The SMILES string of the molecule is C#Cc1cccc(N(Cc2ccc(CCC3SCS[C@H]3C)cc2)c2ncnc3cc(OCCOC)c(OCCOC)cc23)c1. The molecule has 44 heavy (non-hydrogen) atoms. The Hall–Kier alpha value is -3.42. The number of ether oxygens (including phenoxy) is 4. The van der Waals surface area contributed by atoms with Gasteiger partial charge in [0.2, 0.25) is 0 Å². The smallest absolute Gasteiger partial charge is 0.163 e. The maximum Gasteiger partial charge on any atom is 0.163 e. The number of aryl methyl sites for hydroxylation is 1. The lowest BCUT2D eigenvalue weighted by atomic mass is 10.0. The number of rotatable bonds is 15. The summed E-state index contributed by atoms with van der Waals surface area (Å²) in [7, 11) is 3.29. The van der Waals surface area contributed by atoms with E-state index in [-0.39, 0.29) is 0 Å². The molecule has 7 nitrogen and oxygen atoms in total. The van der Waals surface area contributed by atoms with E-state index < -0.39 is 0 Å². The summed E-state index contributed by atoms with van der Waals surface area (Å²) < 4.78 is 22.5. The van der Waals surface area contributed by atoms with Gasteiger partial charge in [-0.1, -0.05) is 43.2 Å². The molecule has 0 amide bonds. The first-order chi connectivity index (χ1) is 21.6. The monoisotopic (exact) mass is 629 g/mol. The Balaban J connectivity index is 1.48. The number of methoxy groups -OCH3 is 2. The summed E-state index contributed by atoms with van der Waals surface area (Å²) in [6, 6.07) is 20.8. The molecule has 0 radical (unpaired) electrons. The van der Waals surface area contributed by atoms with Gasteiger partial charge < -0.3 is 23.8 Å². The second-order valence-electron chi connectivity index (χ2n) is 10.5. The normalized spacial score (nSPS) is 16.1. The van der Waals surface area contributed by atoms with Crippen molar-refractivity contribution in [2.24, 2.45) is 0 Å². The van der Waals surface area contributed by atoms with Gasteiger partial charge in [-0.3, -0.25) is 0 Å². The summed E-state index contributed by atoms with van der Waals surface area (Å²) in [5, 5.41) is 3.51. The summed E-state index contributed by atoms with van der Waals surface area (Å²) in [5.41, 5.74) is 5.02. The van der Waals surface area contributed by atoms with Crippen LogP contribution in [0.2, 0.25) is 0 Å². The number of hydrogen-bond donors (Lipinski definition) is 0. The third-order valence-electron chi connectivity index (χ3n) is 7.57. The topological polar surface area (TPSA) is 65.9 Å². The zero-order chi connectivity index (χ0) is 30.7. The molecular formula is C35H39N3O4S2. The van der Waals surface area contributed by atoms with Gasteiger partial charge in [0.1, 0.15) is 25.4 Å². The van der Waals surface area contributed by atoms with Crippen LogP contribution in [0.5, 0.6) is 11.5 Å². The van der Waals surface area contributed by atoms with Crippen LogP contribution in [0.25, 0.3) is 10.9 Å². The van der Waals surface area contributed by atoms with Crippen LogP contribution in [0.1, 0.15) is 30.0 Å². The van der Waals surface area contributed by atoms with E-state index in [4.69, 9.17) is 30.4 Å². The molecule has 4 aromatic rings. The van der Waals surface area contributed by atoms with Crippen LogP contribution >= 0.6 is 23.5 Å². The Kier molecular flexibility index (Phi) is 11.7. The second kappa shape index (κ2) is 16.1. The quantitative estimate of drug-likeness (QED) is 0.101. The van der Waals surface area contributed by atoms with Crippen LogP contribution < -0.4 is 14.4 Å². The lowest BCUT2D eigenvalue weighted by Crippen LogP contribution is -2.18. The molecule has 2 atom stereocenters. The molecule has 1 aliphatic rings. The number of terminal acetylenes is 1. The number of hydrogen-bond acceptors (Lipinski definition) is 9. The zero-order valence-electron chi connectivity index (χ0n) is 25.5. The van der Waals surface area contributed by atoms with Crippen LogP contribution in [0.4, 0.5) is 11.5 Å². The highest BCUT2D eigenvalue weighted by Crippen LogP contribution is 2.39. The van der Waals surface area contributed by atoms with E-state index in [9.17, 15) is 0 Å². The van der Waals surface area contributed by atoms with Gasteiger partial charge in [0, 0.05) is 59.1 Å². The molecule has 1 aromatic heterocycles. The molecule has 1 unspecified atom stereocenters. The van der Waals surface area contributed by atoms with Gasteiger partial charge in [-0.15, -0.1) is 29.9 Å². The summed E-state index contributed by atoms with van der Waals surface area (Å²) in [5.74, 6) is 4.71. The third-order valence-corrected chi connectivity index (χ3v) is 10.8. The Morgan fingerprint density at radius 1 is 0.886 bits per heavy atom. The van der Waals surface area contributed by atoms with Gasteiger partial charge in [-0.25, -0.2) is 9.97 Å². The van der Waals surface area contributed by atoms with Crippen LogP contribution in [-0.2, 0) is 22.4 Å². The van der Waals surface area contributed by atoms with E-state index in [1.54, 1.807) is 20.5 Å². The van der Waals surface area contributed by atoms with Gasteiger partial charge in [0.05, 0.1) is 18.7 Å². The first-order valence-corrected chi connectivity index (χ1v) is 16.9. The number of anilines is 2. The van der Waals surface area contributed by atoms with Crippen LogP contribution in [0.15, 0.2) is 67.0 Å². The molecule has 0 N–H and O–H groups in total. The van der Waals surface area contributed by atoms with Gasteiger partial charge >= 0.3 is 0 Å². The van der Waals surface area contributed by atoms with E-state index in [1.165, 1.54) is 22.6 Å². The van der Waals surface area contributed by atoms with Crippen LogP contribution in [0, 0.1) is 12.3 Å². The standard InChI is InChI=1S/C35H39N3O4S2/c1-5-26-7-6-8-29(19-26)38(22-28-11-9-27(10-12-28)13-14-34-25(2)43-24-44-34)35-30-20-32(41-17-15-39-3)33(42-18-16-40-4)21-31(30)36-23-37-35/h1,6-12,19-21,23,25,34H,13-18,22,24H2,2-4H3/t25-,34?/m0/s1. The molecule has 5 rings (SSSR count). The van der Waals surface area contributed by atoms with Crippen molar-refractivity contribution in [2.45, 2.75) is 36.8 Å². The first-order valence-electron chi connectivity index (χ1n) is 14.8. The van der Waals surface area contributed by atoms with Crippen molar-refractivity contribution in [3.63, 3.8) is 0 Å². The van der Waals surface area contributed by atoms with Gasteiger partial charge in [0.15, 0.2) is 11.5 Å². The Morgan fingerprint density at radius 2 is 1.61 bits per heavy atom. The molecule has 1 aliphatic heterocycles. The molecule has 0 bridgehead atoms. The Labute approximate surface area is 269 Å². The van der Waals surface area contributed by atoms with Crippen molar-refractivity contribution < 1.29 is 18.9 Å². The largest absolute Gasteiger partial charge is 0.487 e. The highest BCUT2D eigenvalue weighted by Gasteiger charge is 2.24. The molecule has 2 heterocycles. The number of nitrogens with zero attached hydrogens (tertiary/aromatic N) is 3. The van der Waals surface area contributed by atoms with E-state index in [0.717, 1.165) is 44.9 Å².